The van der Waals surface area contributed by atoms with Gasteiger partial charge in [0.05, 0.1) is 0 Å². The zero-order chi connectivity index (χ0) is 15.5. The molecular weight excluding hydrogens is 302 g/mol. The summed E-state index contributed by atoms with van der Waals surface area (Å²) in [6.45, 7) is 9.58. The van der Waals surface area contributed by atoms with Crippen molar-refractivity contribution in [3.05, 3.63) is 40.7 Å². The Morgan fingerprint density at radius 1 is 1.24 bits per heavy atom. The molecule has 0 saturated carbocycles. The molecule has 3 nitrogen and oxygen atoms in total. The maximum Gasteiger partial charge on any atom is 0.202 e. The van der Waals surface area contributed by atoms with Gasteiger partial charge in [-0.15, -0.1) is 0 Å². The predicted molar refractivity (Wildman–Crippen MR) is 91.4 cm³/mol. The molecule has 1 aromatic heterocycles. The molecule has 0 radical (unpaired) electrons. The van der Waals surface area contributed by atoms with Crippen LogP contribution in [0.4, 0.5) is 5.13 Å². The molecule has 2 rings (SSSR count). The van der Waals surface area contributed by atoms with Crippen molar-refractivity contribution < 1.29 is 0 Å². The third kappa shape index (κ3) is 4.68. The molecule has 21 heavy (non-hydrogen) atoms. The quantitative estimate of drug-likeness (QED) is 0.831. The molecule has 2 aromatic rings. The minimum absolute atomic E-state index is 0.00840. The van der Waals surface area contributed by atoms with Gasteiger partial charge in [-0.25, -0.2) is 4.98 Å². The molecule has 0 unspecified atom stereocenters. The lowest BCUT2D eigenvalue weighted by Crippen LogP contribution is -2.27. The van der Waals surface area contributed by atoms with Crippen LogP contribution < -0.4 is 5.32 Å². The Morgan fingerprint density at radius 3 is 2.52 bits per heavy atom. The number of hydrogen-bond donors (Lipinski definition) is 1. The van der Waals surface area contributed by atoms with Crippen molar-refractivity contribution in [2.45, 2.75) is 39.5 Å². The summed E-state index contributed by atoms with van der Waals surface area (Å²) in [6.07, 6.45) is 0.929. The summed E-state index contributed by atoms with van der Waals surface area (Å²) in [5, 5.41) is 5.07. The van der Waals surface area contributed by atoms with E-state index in [4.69, 9.17) is 11.6 Å². The minimum Gasteiger partial charge on any atom is -0.359 e. The fourth-order valence-corrected chi connectivity index (χ4v) is 2.79. The Labute approximate surface area is 135 Å². The van der Waals surface area contributed by atoms with Crippen LogP contribution in [0, 0.1) is 5.92 Å². The van der Waals surface area contributed by atoms with E-state index >= 15 is 0 Å². The molecule has 5 heteroatoms. The standard InChI is InChI=1S/C16H22ClN3S/c1-11(2)9-14-19-15(21-20-14)18-10-16(3,4)12-5-7-13(17)8-6-12/h5-8,11H,9-10H2,1-4H3,(H,18,19,20). The van der Waals surface area contributed by atoms with Crippen LogP contribution in [0.5, 0.6) is 0 Å². The summed E-state index contributed by atoms with van der Waals surface area (Å²) in [4.78, 5) is 4.54. The highest BCUT2D eigenvalue weighted by Crippen LogP contribution is 2.25. The third-order valence-electron chi connectivity index (χ3n) is 3.37. The topological polar surface area (TPSA) is 37.8 Å². The molecule has 0 bridgehead atoms. The molecule has 0 atom stereocenters. The van der Waals surface area contributed by atoms with E-state index in [9.17, 15) is 0 Å². The van der Waals surface area contributed by atoms with Crippen LogP contribution in [0.15, 0.2) is 24.3 Å². The van der Waals surface area contributed by atoms with Gasteiger partial charge in [0.25, 0.3) is 0 Å². The van der Waals surface area contributed by atoms with Gasteiger partial charge in [0, 0.05) is 34.9 Å². The van der Waals surface area contributed by atoms with E-state index in [1.165, 1.54) is 17.1 Å². The summed E-state index contributed by atoms with van der Waals surface area (Å²) in [5.74, 6) is 1.51. The molecule has 0 amide bonds. The first kappa shape index (κ1) is 16.2. The van der Waals surface area contributed by atoms with E-state index in [0.29, 0.717) is 5.92 Å². The smallest absolute Gasteiger partial charge is 0.202 e. The Bertz CT molecular complexity index is 575. The van der Waals surface area contributed by atoms with Crippen LogP contribution in [0.1, 0.15) is 39.1 Å². The van der Waals surface area contributed by atoms with Crippen molar-refractivity contribution in [2.75, 3.05) is 11.9 Å². The highest BCUT2D eigenvalue weighted by molar-refractivity contribution is 7.09. The van der Waals surface area contributed by atoms with Crippen LogP contribution in [0.25, 0.3) is 0 Å². The lowest BCUT2D eigenvalue weighted by Gasteiger charge is -2.25. The van der Waals surface area contributed by atoms with Crippen LogP contribution in [-0.2, 0) is 11.8 Å². The predicted octanol–water partition coefficient (Wildman–Crippen LogP) is 4.78. The largest absolute Gasteiger partial charge is 0.359 e. The molecule has 1 heterocycles. The molecule has 0 spiro atoms. The number of anilines is 1. The maximum atomic E-state index is 5.95. The van der Waals surface area contributed by atoms with Crippen molar-refractivity contribution in [1.82, 2.24) is 9.36 Å². The Morgan fingerprint density at radius 2 is 1.90 bits per heavy atom. The first-order valence-electron chi connectivity index (χ1n) is 7.19. The highest BCUT2D eigenvalue weighted by atomic mass is 35.5. The molecule has 1 aromatic carbocycles. The summed E-state index contributed by atoms with van der Waals surface area (Å²) < 4.78 is 4.39. The lowest BCUT2D eigenvalue weighted by atomic mass is 9.85. The van der Waals surface area contributed by atoms with E-state index in [-0.39, 0.29) is 5.41 Å². The second-order valence-corrected chi connectivity index (χ2v) is 7.55. The van der Waals surface area contributed by atoms with E-state index in [1.807, 2.05) is 12.1 Å². The molecule has 0 aliphatic rings. The van der Waals surface area contributed by atoms with Crippen LogP contribution in [-0.4, -0.2) is 15.9 Å². The zero-order valence-electron chi connectivity index (χ0n) is 13.0. The Kier molecular flexibility index (Phi) is 5.22. The van der Waals surface area contributed by atoms with Gasteiger partial charge in [0.1, 0.15) is 5.82 Å². The summed E-state index contributed by atoms with van der Waals surface area (Å²) in [7, 11) is 0. The van der Waals surface area contributed by atoms with Crippen molar-refractivity contribution in [1.29, 1.82) is 0 Å². The van der Waals surface area contributed by atoms with Crippen molar-refractivity contribution in [3.63, 3.8) is 0 Å². The number of benzene rings is 1. The number of hydrogen-bond acceptors (Lipinski definition) is 4. The first-order valence-corrected chi connectivity index (χ1v) is 8.34. The number of rotatable bonds is 6. The first-order chi connectivity index (χ1) is 9.87. The van der Waals surface area contributed by atoms with E-state index in [2.05, 4.69) is 54.5 Å². The van der Waals surface area contributed by atoms with Gasteiger partial charge in [0.15, 0.2) is 0 Å². The fourth-order valence-electron chi connectivity index (χ4n) is 2.07. The molecular formula is C16H22ClN3S. The third-order valence-corrected chi connectivity index (χ3v) is 4.33. The van der Waals surface area contributed by atoms with E-state index in [1.54, 1.807) is 0 Å². The van der Waals surface area contributed by atoms with Crippen LogP contribution >= 0.6 is 23.1 Å². The summed E-state index contributed by atoms with van der Waals surface area (Å²) in [5.41, 5.74) is 1.26. The summed E-state index contributed by atoms with van der Waals surface area (Å²) in [6, 6.07) is 8.03. The van der Waals surface area contributed by atoms with Gasteiger partial charge in [0.2, 0.25) is 5.13 Å². The summed E-state index contributed by atoms with van der Waals surface area (Å²) >= 11 is 7.38. The average Bonchev–Trinajstić information content (AvgIpc) is 2.84. The van der Waals surface area contributed by atoms with E-state index < -0.39 is 0 Å². The normalized spacial score (nSPS) is 11.9. The number of aromatic nitrogens is 2. The van der Waals surface area contributed by atoms with Gasteiger partial charge in [-0.1, -0.05) is 51.4 Å². The fraction of sp³-hybridized carbons (Fsp3) is 0.500. The van der Waals surface area contributed by atoms with Crippen LogP contribution in [0.3, 0.4) is 0 Å². The second-order valence-electron chi connectivity index (χ2n) is 6.36. The maximum absolute atomic E-state index is 5.95. The van der Waals surface area contributed by atoms with Gasteiger partial charge < -0.3 is 5.32 Å². The van der Waals surface area contributed by atoms with Crippen molar-refractivity contribution >= 4 is 28.3 Å². The number of nitrogens with zero attached hydrogens (tertiary/aromatic N) is 2. The van der Waals surface area contributed by atoms with Crippen LogP contribution in [0.2, 0.25) is 5.02 Å². The van der Waals surface area contributed by atoms with Gasteiger partial charge in [-0.05, 0) is 23.6 Å². The molecule has 0 saturated heterocycles. The second kappa shape index (κ2) is 6.75. The van der Waals surface area contributed by atoms with Crippen molar-refractivity contribution in [3.8, 4) is 0 Å². The molecule has 1 N–H and O–H groups in total. The average molecular weight is 324 g/mol. The van der Waals surface area contributed by atoms with Crippen molar-refractivity contribution in [2.24, 2.45) is 5.92 Å². The molecule has 0 aliphatic heterocycles. The molecule has 0 fully saturated rings. The number of halogens is 1. The molecule has 0 aliphatic carbocycles. The number of nitrogens with one attached hydrogen (secondary N) is 1. The van der Waals surface area contributed by atoms with Gasteiger partial charge in [-0.3, -0.25) is 0 Å². The lowest BCUT2D eigenvalue weighted by molar-refractivity contribution is 0.556. The van der Waals surface area contributed by atoms with E-state index in [0.717, 1.165) is 28.9 Å². The highest BCUT2D eigenvalue weighted by Gasteiger charge is 2.21. The zero-order valence-corrected chi connectivity index (χ0v) is 14.6. The Hall–Kier alpha value is -1.13. The Balaban J connectivity index is 1.97. The monoisotopic (exact) mass is 323 g/mol. The molecule has 114 valence electrons. The SMILES string of the molecule is CC(C)Cc1nsc(NCC(C)(C)c2ccc(Cl)cc2)n1. The van der Waals surface area contributed by atoms with Gasteiger partial charge >= 0.3 is 0 Å². The van der Waals surface area contributed by atoms with Gasteiger partial charge in [-0.2, -0.15) is 4.37 Å². The minimum atomic E-state index is 0.00840.